The summed E-state index contributed by atoms with van der Waals surface area (Å²) in [6, 6.07) is 5.90. The lowest BCUT2D eigenvalue weighted by atomic mass is 9.85. The quantitative estimate of drug-likeness (QED) is 0.597. The number of benzene rings is 1. The van der Waals surface area contributed by atoms with Crippen LogP contribution in [0.2, 0.25) is 0 Å². The molecule has 34 heavy (non-hydrogen) atoms. The molecule has 0 spiro atoms. The Morgan fingerprint density at radius 2 is 1.79 bits per heavy atom. The molecule has 4 atom stereocenters. The lowest BCUT2D eigenvalue weighted by Gasteiger charge is -2.35. The van der Waals surface area contributed by atoms with Gasteiger partial charge in [0.1, 0.15) is 17.9 Å². The minimum Gasteiger partial charge on any atom is -0.391 e. The van der Waals surface area contributed by atoms with Gasteiger partial charge >= 0.3 is 0 Å². The van der Waals surface area contributed by atoms with Crippen molar-refractivity contribution in [1.82, 2.24) is 25.1 Å². The molecule has 0 aliphatic carbocycles. The largest absolute Gasteiger partial charge is 0.391 e. The zero-order valence-electron chi connectivity index (χ0n) is 20.7. The molecule has 3 rings (SSSR count). The van der Waals surface area contributed by atoms with Crippen LogP contribution in [-0.4, -0.2) is 62.0 Å². The van der Waals surface area contributed by atoms with Gasteiger partial charge in [0.2, 0.25) is 17.7 Å². The molecule has 3 N–H and O–H groups in total. The van der Waals surface area contributed by atoms with E-state index in [2.05, 4.69) is 15.6 Å². The highest BCUT2D eigenvalue weighted by Gasteiger charge is 2.44. The fourth-order valence-corrected chi connectivity index (χ4v) is 4.29. The van der Waals surface area contributed by atoms with Crippen LogP contribution in [-0.2, 0) is 14.4 Å². The second kappa shape index (κ2) is 9.97. The third-order valence-electron chi connectivity index (χ3n) is 6.18. The number of rotatable bonds is 6. The summed E-state index contributed by atoms with van der Waals surface area (Å²) in [6.07, 6.45) is 2.98. The zero-order valence-corrected chi connectivity index (χ0v) is 20.7. The van der Waals surface area contributed by atoms with Gasteiger partial charge in [-0.15, -0.1) is 0 Å². The van der Waals surface area contributed by atoms with Gasteiger partial charge in [-0.25, -0.2) is 4.98 Å². The van der Waals surface area contributed by atoms with Gasteiger partial charge in [0, 0.05) is 38.0 Å². The van der Waals surface area contributed by atoms with Crippen LogP contribution in [0.25, 0.3) is 5.69 Å². The van der Waals surface area contributed by atoms with Gasteiger partial charge in [0.15, 0.2) is 0 Å². The molecule has 1 aliphatic rings. The molecule has 1 aromatic heterocycles. The van der Waals surface area contributed by atoms with Gasteiger partial charge in [0.25, 0.3) is 0 Å². The number of aliphatic hydroxyl groups excluding tert-OH is 1. The number of nitrogens with one attached hydrogen (secondary N) is 2. The molecule has 0 radical (unpaired) electrons. The molecule has 1 aromatic carbocycles. The number of imidazole rings is 1. The lowest BCUT2D eigenvalue weighted by Crippen LogP contribution is -2.57. The molecular formula is C25H35N5O4. The fraction of sp³-hybridized carbons (Fsp3) is 0.520. The molecule has 2 heterocycles. The van der Waals surface area contributed by atoms with E-state index in [1.54, 1.807) is 6.20 Å². The standard InChI is InChI=1S/C25H35N5O4/c1-15(18-7-9-19(10-8-18)29-12-11-26-16(29)2)27-23(33)21-13-20(32)14-30(21)24(34)22(25(4,5)6)28-17(3)31/h7-12,15,20-22,32H,13-14H2,1-6H3,(H,27,33)(H,28,31). The van der Waals surface area contributed by atoms with Gasteiger partial charge in [-0.3, -0.25) is 14.4 Å². The number of carbonyl (C=O) groups is 3. The summed E-state index contributed by atoms with van der Waals surface area (Å²) in [7, 11) is 0. The number of β-amino-alcohol motifs (C(OH)–C–C–N with tert-alkyl or cyclic N) is 1. The number of carbonyl (C=O) groups excluding carboxylic acids is 3. The number of hydrogen-bond donors (Lipinski definition) is 3. The average molecular weight is 470 g/mol. The zero-order chi connectivity index (χ0) is 25.2. The first-order chi connectivity index (χ1) is 15.9. The van der Waals surface area contributed by atoms with E-state index in [0.717, 1.165) is 17.1 Å². The summed E-state index contributed by atoms with van der Waals surface area (Å²) in [5.74, 6) is -0.141. The van der Waals surface area contributed by atoms with Crippen LogP contribution in [0.3, 0.4) is 0 Å². The van der Waals surface area contributed by atoms with E-state index in [-0.39, 0.29) is 36.7 Å². The van der Waals surface area contributed by atoms with Crippen LogP contribution in [0.5, 0.6) is 0 Å². The molecule has 184 valence electrons. The van der Waals surface area contributed by atoms with Gasteiger partial charge in [-0.1, -0.05) is 32.9 Å². The highest BCUT2D eigenvalue weighted by molar-refractivity contribution is 5.93. The molecular weight excluding hydrogens is 434 g/mol. The van der Waals surface area contributed by atoms with E-state index in [4.69, 9.17) is 0 Å². The number of amides is 3. The molecule has 1 saturated heterocycles. The minimum atomic E-state index is -0.809. The fourth-order valence-electron chi connectivity index (χ4n) is 4.29. The predicted molar refractivity (Wildman–Crippen MR) is 128 cm³/mol. The highest BCUT2D eigenvalue weighted by Crippen LogP contribution is 2.27. The highest BCUT2D eigenvalue weighted by atomic mass is 16.3. The third kappa shape index (κ3) is 5.64. The topological polar surface area (TPSA) is 117 Å². The molecule has 2 aromatic rings. The summed E-state index contributed by atoms with van der Waals surface area (Å²) in [5, 5.41) is 15.9. The number of likely N-dealkylation sites (tertiary alicyclic amines) is 1. The van der Waals surface area contributed by atoms with Crippen molar-refractivity contribution < 1.29 is 19.5 Å². The van der Waals surface area contributed by atoms with Crippen molar-refractivity contribution in [3.8, 4) is 5.69 Å². The lowest BCUT2D eigenvalue weighted by molar-refractivity contribution is -0.144. The Bertz CT molecular complexity index is 1040. The number of aryl methyl sites for hydroxylation is 1. The van der Waals surface area contributed by atoms with Crippen LogP contribution in [0.1, 0.15) is 58.5 Å². The second-order valence-electron chi connectivity index (χ2n) is 10.1. The molecule has 1 fully saturated rings. The Morgan fingerprint density at radius 3 is 2.32 bits per heavy atom. The maximum atomic E-state index is 13.3. The summed E-state index contributed by atoms with van der Waals surface area (Å²) in [4.78, 5) is 43.8. The van der Waals surface area contributed by atoms with E-state index >= 15 is 0 Å². The van der Waals surface area contributed by atoms with Crippen LogP contribution < -0.4 is 10.6 Å². The van der Waals surface area contributed by atoms with Crippen molar-refractivity contribution in [3.63, 3.8) is 0 Å². The summed E-state index contributed by atoms with van der Waals surface area (Å²) >= 11 is 0. The van der Waals surface area contributed by atoms with Crippen molar-refractivity contribution in [2.24, 2.45) is 5.41 Å². The molecule has 9 heteroatoms. The Labute approximate surface area is 200 Å². The van der Waals surface area contributed by atoms with Crippen molar-refractivity contribution >= 4 is 17.7 Å². The first-order valence-electron chi connectivity index (χ1n) is 11.5. The third-order valence-corrected chi connectivity index (χ3v) is 6.18. The van der Waals surface area contributed by atoms with Crippen LogP contribution in [0, 0.1) is 12.3 Å². The van der Waals surface area contributed by atoms with Crippen LogP contribution in [0.15, 0.2) is 36.7 Å². The second-order valence-corrected chi connectivity index (χ2v) is 10.1. The molecule has 3 amide bonds. The maximum absolute atomic E-state index is 13.3. The summed E-state index contributed by atoms with van der Waals surface area (Å²) < 4.78 is 1.97. The van der Waals surface area contributed by atoms with Crippen LogP contribution >= 0.6 is 0 Å². The molecule has 9 nitrogen and oxygen atoms in total. The summed E-state index contributed by atoms with van der Waals surface area (Å²) in [6.45, 7) is 10.8. The van der Waals surface area contributed by atoms with Gasteiger partial charge in [-0.05, 0) is 37.0 Å². The normalized spacial score (nSPS) is 20.0. The summed E-state index contributed by atoms with van der Waals surface area (Å²) in [5.41, 5.74) is 1.33. The molecule has 1 aliphatic heterocycles. The monoisotopic (exact) mass is 469 g/mol. The van der Waals surface area contributed by atoms with Crippen molar-refractivity contribution in [3.05, 3.63) is 48.0 Å². The van der Waals surface area contributed by atoms with E-state index < -0.39 is 23.6 Å². The maximum Gasteiger partial charge on any atom is 0.246 e. The van der Waals surface area contributed by atoms with E-state index in [1.165, 1.54) is 11.8 Å². The smallest absolute Gasteiger partial charge is 0.246 e. The first-order valence-corrected chi connectivity index (χ1v) is 11.5. The number of nitrogens with zero attached hydrogens (tertiary/aromatic N) is 3. The van der Waals surface area contributed by atoms with E-state index in [1.807, 2.05) is 69.6 Å². The first kappa shape index (κ1) is 25.4. The predicted octanol–water partition coefficient (Wildman–Crippen LogP) is 1.87. The Hall–Kier alpha value is -3.20. The Kier molecular flexibility index (Phi) is 7.45. The van der Waals surface area contributed by atoms with Gasteiger partial charge in [0.05, 0.1) is 12.1 Å². The number of hydrogen-bond acceptors (Lipinski definition) is 5. The minimum absolute atomic E-state index is 0.0520. The molecule has 4 unspecified atom stereocenters. The number of aliphatic hydroxyl groups is 1. The number of aromatic nitrogens is 2. The average Bonchev–Trinajstić information content (AvgIpc) is 3.36. The Balaban J connectivity index is 1.72. The Morgan fingerprint density at radius 1 is 1.15 bits per heavy atom. The van der Waals surface area contributed by atoms with E-state index in [9.17, 15) is 19.5 Å². The van der Waals surface area contributed by atoms with Crippen molar-refractivity contribution in [2.45, 2.75) is 72.2 Å². The van der Waals surface area contributed by atoms with Crippen molar-refractivity contribution in [1.29, 1.82) is 0 Å². The van der Waals surface area contributed by atoms with Gasteiger partial charge in [-0.2, -0.15) is 0 Å². The van der Waals surface area contributed by atoms with E-state index in [0.29, 0.717) is 0 Å². The molecule has 0 bridgehead atoms. The van der Waals surface area contributed by atoms with Crippen LogP contribution in [0.4, 0.5) is 0 Å². The SMILES string of the molecule is CC(=O)NC(C(=O)N1CC(O)CC1C(=O)NC(C)c1ccc(-n2ccnc2C)cc1)C(C)(C)C. The van der Waals surface area contributed by atoms with Gasteiger partial charge < -0.3 is 25.2 Å². The van der Waals surface area contributed by atoms with Crippen molar-refractivity contribution in [2.75, 3.05) is 6.54 Å². The molecule has 0 saturated carbocycles.